The number of aryl methyl sites for hydroxylation is 1. The van der Waals surface area contributed by atoms with E-state index in [1.54, 1.807) is 18.2 Å². The summed E-state index contributed by atoms with van der Waals surface area (Å²) in [6, 6.07) is 18.5. The Morgan fingerprint density at radius 1 is 0.976 bits per heavy atom. The summed E-state index contributed by atoms with van der Waals surface area (Å²) in [5.41, 5.74) is 2.42. The molecule has 4 rings (SSSR count). The van der Waals surface area contributed by atoms with E-state index in [0.29, 0.717) is 40.9 Å². The number of benzene rings is 3. The van der Waals surface area contributed by atoms with Gasteiger partial charge in [0.1, 0.15) is 11.6 Å². The summed E-state index contributed by atoms with van der Waals surface area (Å²) >= 11 is 6.14. The minimum absolute atomic E-state index is 0. The second kappa shape index (κ2) is 16.8. The molecule has 0 aliphatic heterocycles. The van der Waals surface area contributed by atoms with Crippen molar-refractivity contribution in [2.75, 3.05) is 6.54 Å². The Morgan fingerprint density at radius 2 is 1.67 bits per heavy atom. The van der Waals surface area contributed by atoms with Gasteiger partial charge in [0.2, 0.25) is 0 Å². The van der Waals surface area contributed by atoms with E-state index in [0.717, 1.165) is 37.7 Å². The molecule has 1 unspecified atom stereocenters. The van der Waals surface area contributed by atoms with Crippen LogP contribution in [-0.4, -0.2) is 26.9 Å². The molecule has 0 fully saturated rings. The molecule has 0 N–H and O–H groups in total. The monoisotopic (exact) mass is 593 g/mol. The van der Waals surface area contributed by atoms with Crippen LogP contribution in [0.5, 0.6) is 0 Å². The molecule has 1 aromatic heterocycles. The highest BCUT2D eigenvalue weighted by molar-refractivity contribution is 6.30. The van der Waals surface area contributed by atoms with Crippen molar-refractivity contribution in [3.05, 3.63) is 105 Å². The molecule has 7 heteroatoms. The topological polar surface area (TPSA) is 55.2 Å². The number of para-hydroxylation sites is 1. The lowest BCUT2D eigenvalue weighted by Gasteiger charge is -2.32. The Labute approximate surface area is 255 Å². The SMILES string of the molecule is C.CC.CCCCCCN(C(=O)c1ccc(CC)cc1)C(CC)c1nc2ccccc2c(=O)n1-c1ccc(F)c(Cl)c1. The number of fused-ring (bicyclic) bond motifs is 1. The summed E-state index contributed by atoms with van der Waals surface area (Å²) in [7, 11) is 0. The van der Waals surface area contributed by atoms with Crippen LogP contribution < -0.4 is 5.56 Å². The van der Waals surface area contributed by atoms with Crippen LogP contribution in [0, 0.1) is 5.82 Å². The van der Waals surface area contributed by atoms with E-state index in [4.69, 9.17) is 16.6 Å². The van der Waals surface area contributed by atoms with Gasteiger partial charge in [0, 0.05) is 12.1 Å². The zero-order valence-electron chi connectivity index (χ0n) is 24.8. The summed E-state index contributed by atoms with van der Waals surface area (Å²) in [6.07, 6.45) is 5.42. The molecule has 0 spiro atoms. The molecule has 0 saturated heterocycles. The van der Waals surface area contributed by atoms with Gasteiger partial charge in [-0.2, -0.15) is 0 Å². The van der Waals surface area contributed by atoms with Gasteiger partial charge >= 0.3 is 0 Å². The van der Waals surface area contributed by atoms with Crippen molar-refractivity contribution in [2.45, 2.75) is 86.6 Å². The number of carbonyl (C=O) groups is 1. The average molecular weight is 594 g/mol. The first-order valence-corrected chi connectivity index (χ1v) is 15.1. The van der Waals surface area contributed by atoms with Crippen LogP contribution in [0.25, 0.3) is 16.6 Å². The van der Waals surface area contributed by atoms with Crippen LogP contribution in [0.2, 0.25) is 5.02 Å². The first-order chi connectivity index (χ1) is 19.9. The van der Waals surface area contributed by atoms with Crippen molar-refractivity contribution in [3.63, 3.8) is 0 Å². The average Bonchev–Trinajstić information content (AvgIpc) is 3.01. The Balaban J connectivity index is 0.00000201. The Morgan fingerprint density at radius 3 is 2.29 bits per heavy atom. The quantitative estimate of drug-likeness (QED) is 0.163. The highest BCUT2D eigenvalue weighted by Crippen LogP contribution is 2.29. The number of amides is 1. The molecule has 4 aromatic rings. The zero-order valence-corrected chi connectivity index (χ0v) is 25.5. The third-order valence-corrected chi connectivity index (χ3v) is 7.44. The minimum atomic E-state index is -0.570. The van der Waals surface area contributed by atoms with E-state index in [9.17, 15) is 14.0 Å². The molecule has 0 saturated carbocycles. The number of halogens is 2. The molecular weight excluding hydrogens is 549 g/mol. The Hall–Kier alpha value is -3.51. The van der Waals surface area contributed by atoms with Gasteiger partial charge in [-0.25, -0.2) is 9.37 Å². The highest BCUT2D eigenvalue weighted by atomic mass is 35.5. The maximum Gasteiger partial charge on any atom is 0.266 e. The smallest absolute Gasteiger partial charge is 0.266 e. The Kier molecular flexibility index (Phi) is 13.9. The molecule has 42 heavy (non-hydrogen) atoms. The van der Waals surface area contributed by atoms with Gasteiger partial charge < -0.3 is 4.90 Å². The third-order valence-electron chi connectivity index (χ3n) is 7.15. The largest absolute Gasteiger partial charge is 0.328 e. The maximum absolute atomic E-state index is 14.1. The van der Waals surface area contributed by atoms with Crippen LogP contribution in [-0.2, 0) is 6.42 Å². The van der Waals surface area contributed by atoms with Crippen molar-refractivity contribution < 1.29 is 9.18 Å². The van der Waals surface area contributed by atoms with E-state index in [2.05, 4.69) is 13.8 Å². The van der Waals surface area contributed by atoms with Crippen LogP contribution in [0.15, 0.2) is 71.5 Å². The van der Waals surface area contributed by atoms with Gasteiger partial charge in [0.25, 0.3) is 11.5 Å². The lowest BCUT2D eigenvalue weighted by molar-refractivity contribution is 0.0654. The van der Waals surface area contributed by atoms with Crippen molar-refractivity contribution in [1.29, 1.82) is 0 Å². The van der Waals surface area contributed by atoms with Crippen molar-refractivity contribution >= 4 is 28.4 Å². The van der Waals surface area contributed by atoms with E-state index >= 15 is 0 Å². The van der Waals surface area contributed by atoms with Crippen molar-refractivity contribution in [2.24, 2.45) is 0 Å². The molecule has 0 radical (unpaired) electrons. The summed E-state index contributed by atoms with van der Waals surface area (Å²) in [6.45, 7) is 10.7. The van der Waals surface area contributed by atoms with Gasteiger partial charge in [-0.1, -0.05) is 97.2 Å². The van der Waals surface area contributed by atoms with Crippen molar-refractivity contribution in [1.82, 2.24) is 14.5 Å². The molecule has 1 heterocycles. The van der Waals surface area contributed by atoms with Gasteiger partial charge in [-0.3, -0.25) is 14.2 Å². The van der Waals surface area contributed by atoms with Gasteiger partial charge in [0.05, 0.1) is 27.7 Å². The van der Waals surface area contributed by atoms with Gasteiger partial charge in [0.15, 0.2) is 0 Å². The molecule has 0 bridgehead atoms. The standard InChI is InChI=1S/C32H35ClFN3O2.C2H6.CH4/c1-4-7-8-11-20-36(31(38)23-16-14-22(5-2)15-17-23)29(6-3)30-35-28-13-10-9-12-25(28)32(39)37(30)24-18-19-27(34)26(33)21-24;1-2;/h9-10,12-19,21,29H,4-8,11,20H2,1-3H3;1-2H3;1H4. The predicted molar refractivity (Wildman–Crippen MR) is 174 cm³/mol. The van der Waals surface area contributed by atoms with Crippen LogP contribution >= 0.6 is 11.6 Å². The Bertz CT molecular complexity index is 1500. The fourth-order valence-electron chi connectivity index (χ4n) is 4.95. The number of rotatable bonds is 11. The number of unbranched alkanes of at least 4 members (excludes halogenated alkanes) is 3. The molecule has 226 valence electrons. The lowest BCUT2D eigenvalue weighted by atomic mass is 10.0. The summed E-state index contributed by atoms with van der Waals surface area (Å²) < 4.78 is 15.6. The van der Waals surface area contributed by atoms with Crippen LogP contribution in [0.3, 0.4) is 0 Å². The summed E-state index contributed by atoms with van der Waals surface area (Å²) in [4.78, 5) is 34.7. The molecular formula is C35H45ClFN3O2. The molecule has 1 amide bonds. The summed E-state index contributed by atoms with van der Waals surface area (Å²) in [5, 5.41) is 0.350. The number of hydrogen-bond acceptors (Lipinski definition) is 3. The number of aromatic nitrogens is 2. The number of nitrogens with zero attached hydrogens (tertiary/aromatic N) is 3. The molecule has 0 aliphatic carbocycles. The third kappa shape index (κ3) is 7.86. The van der Waals surface area contributed by atoms with E-state index in [1.807, 2.05) is 56.0 Å². The van der Waals surface area contributed by atoms with E-state index in [1.165, 1.54) is 22.8 Å². The second-order valence-electron chi connectivity index (χ2n) is 9.76. The minimum Gasteiger partial charge on any atom is -0.328 e. The van der Waals surface area contributed by atoms with Gasteiger partial charge in [-0.05, 0) is 67.3 Å². The fraction of sp³-hybridized carbons (Fsp3) is 0.400. The van der Waals surface area contributed by atoms with E-state index in [-0.39, 0.29) is 23.9 Å². The van der Waals surface area contributed by atoms with Crippen LogP contribution in [0.1, 0.15) is 102 Å². The molecule has 3 aromatic carbocycles. The molecule has 5 nitrogen and oxygen atoms in total. The van der Waals surface area contributed by atoms with Crippen LogP contribution in [0.4, 0.5) is 4.39 Å². The van der Waals surface area contributed by atoms with E-state index < -0.39 is 11.9 Å². The molecule has 0 aliphatic rings. The normalized spacial score (nSPS) is 11.3. The number of carbonyl (C=O) groups excluding carboxylic acids is 1. The predicted octanol–water partition coefficient (Wildman–Crippen LogP) is 9.58. The highest BCUT2D eigenvalue weighted by Gasteiger charge is 2.29. The van der Waals surface area contributed by atoms with Gasteiger partial charge in [-0.15, -0.1) is 0 Å². The first kappa shape index (κ1) is 34.7. The summed E-state index contributed by atoms with van der Waals surface area (Å²) in [5.74, 6) is -0.246. The fourth-order valence-corrected chi connectivity index (χ4v) is 5.12. The lowest BCUT2D eigenvalue weighted by Crippen LogP contribution is -2.39. The number of hydrogen-bond donors (Lipinski definition) is 0. The maximum atomic E-state index is 14.1. The second-order valence-corrected chi connectivity index (χ2v) is 10.2. The first-order valence-electron chi connectivity index (χ1n) is 14.8. The molecule has 1 atom stereocenters. The van der Waals surface area contributed by atoms with Crippen molar-refractivity contribution in [3.8, 4) is 5.69 Å². The zero-order chi connectivity index (χ0) is 29.9.